The number of ether oxygens (including phenoxy) is 1. The van der Waals surface area contributed by atoms with Gasteiger partial charge in [-0.3, -0.25) is 0 Å². The molecule has 0 bridgehead atoms. The number of amides is 1. The lowest BCUT2D eigenvalue weighted by Crippen LogP contribution is -2.50. The van der Waals surface area contributed by atoms with Gasteiger partial charge in [-0.15, -0.1) is 0 Å². The highest BCUT2D eigenvalue weighted by atomic mass is 16.6. The Bertz CT molecular complexity index is 217. The standard InChI is InChI=1S/C11H24N2O2/c1-8(2)15-9(14)13-11(5,6)7-10(3,4)12/h8H,7,12H2,1-6H3,(H,13,14). The Hall–Kier alpha value is -0.770. The molecule has 0 aromatic carbocycles. The second-order valence-corrected chi connectivity index (χ2v) is 5.63. The molecule has 3 N–H and O–H groups in total. The molecule has 0 atom stereocenters. The van der Waals surface area contributed by atoms with Gasteiger partial charge >= 0.3 is 6.09 Å². The van der Waals surface area contributed by atoms with Crippen molar-refractivity contribution in [2.75, 3.05) is 0 Å². The first-order chi connectivity index (χ1) is 6.52. The molecule has 0 heterocycles. The second kappa shape index (κ2) is 4.84. The summed E-state index contributed by atoms with van der Waals surface area (Å²) < 4.78 is 5.01. The third-order valence-electron chi connectivity index (χ3n) is 1.68. The first kappa shape index (κ1) is 14.2. The van der Waals surface area contributed by atoms with E-state index in [4.69, 9.17) is 10.5 Å². The number of nitrogens with one attached hydrogen (secondary N) is 1. The van der Waals surface area contributed by atoms with E-state index in [0.29, 0.717) is 6.42 Å². The van der Waals surface area contributed by atoms with Crippen molar-refractivity contribution < 1.29 is 9.53 Å². The SMILES string of the molecule is CC(C)OC(=O)NC(C)(C)CC(C)(C)N. The molecule has 4 heteroatoms. The van der Waals surface area contributed by atoms with Gasteiger partial charge in [0.1, 0.15) is 0 Å². The van der Waals surface area contributed by atoms with Gasteiger partial charge in [0.05, 0.1) is 6.10 Å². The van der Waals surface area contributed by atoms with E-state index in [-0.39, 0.29) is 23.3 Å². The monoisotopic (exact) mass is 216 g/mol. The fraction of sp³-hybridized carbons (Fsp3) is 0.909. The Labute approximate surface area is 92.6 Å². The molecule has 0 saturated carbocycles. The normalized spacial score (nSPS) is 12.8. The van der Waals surface area contributed by atoms with Crippen molar-refractivity contribution >= 4 is 6.09 Å². The molecule has 0 aromatic heterocycles. The maximum absolute atomic E-state index is 11.4. The molecule has 0 aromatic rings. The number of carbonyl (C=O) groups excluding carboxylic acids is 1. The van der Waals surface area contributed by atoms with Crippen LogP contribution < -0.4 is 11.1 Å². The number of hydrogen-bond acceptors (Lipinski definition) is 3. The van der Waals surface area contributed by atoms with Crippen molar-refractivity contribution in [3.05, 3.63) is 0 Å². The predicted octanol–water partition coefficient (Wildman–Crippen LogP) is 2.03. The lowest BCUT2D eigenvalue weighted by molar-refractivity contribution is 0.104. The van der Waals surface area contributed by atoms with Crippen molar-refractivity contribution in [1.29, 1.82) is 0 Å². The van der Waals surface area contributed by atoms with E-state index in [9.17, 15) is 4.79 Å². The first-order valence-electron chi connectivity index (χ1n) is 5.29. The summed E-state index contributed by atoms with van der Waals surface area (Å²) in [5.74, 6) is 0. The van der Waals surface area contributed by atoms with E-state index >= 15 is 0 Å². The quantitative estimate of drug-likeness (QED) is 0.755. The summed E-state index contributed by atoms with van der Waals surface area (Å²) >= 11 is 0. The largest absolute Gasteiger partial charge is 0.447 e. The van der Waals surface area contributed by atoms with Gasteiger partial charge in [-0.05, 0) is 48.0 Å². The van der Waals surface area contributed by atoms with Crippen molar-refractivity contribution in [3.63, 3.8) is 0 Å². The minimum Gasteiger partial charge on any atom is -0.447 e. The van der Waals surface area contributed by atoms with Gasteiger partial charge in [0.15, 0.2) is 0 Å². The molecule has 0 aliphatic rings. The Morgan fingerprint density at radius 2 is 1.80 bits per heavy atom. The highest BCUT2D eigenvalue weighted by Crippen LogP contribution is 2.17. The molecule has 0 aliphatic heterocycles. The topological polar surface area (TPSA) is 64.3 Å². The molecule has 0 spiro atoms. The fourth-order valence-corrected chi connectivity index (χ4v) is 1.70. The van der Waals surface area contributed by atoms with Crippen LogP contribution in [0.3, 0.4) is 0 Å². The molecule has 0 fully saturated rings. The molecule has 0 unspecified atom stereocenters. The van der Waals surface area contributed by atoms with Gasteiger partial charge in [0.2, 0.25) is 0 Å². The molecule has 90 valence electrons. The highest BCUT2D eigenvalue weighted by Gasteiger charge is 2.28. The van der Waals surface area contributed by atoms with Crippen LogP contribution in [-0.4, -0.2) is 23.3 Å². The van der Waals surface area contributed by atoms with Crippen LogP contribution in [0.15, 0.2) is 0 Å². The van der Waals surface area contributed by atoms with Crippen LogP contribution in [0, 0.1) is 0 Å². The number of carbonyl (C=O) groups is 1. The average molecular weight is 216 g/mol. The van der Waals surface area contributed by atoms with E-state index in [1.54, 1.807) is 0 Å². The molecule has 1 amide bonds. The van der Waals surface area contributed by atoms with Crippen molar-refractivity contribution in [2.24, 2.45) is 5.73 Å². The molecule has 0 radical (unpaired) electrons. The zero-order valence-corrected chi connectivity index (χ0v) is 10.7. The zero-order valence-electron chi connectivity index (χ0n) is 10.7. The van der Waals surface area contributed by atoms with Crippen LogP contribution in [0.5, 0.6) is 0 Å². The number of hydrogen-bond donors (Lipinski definition) is 2. The van der Waals surface area contributed by atoms with E-state index < -0.39 is 0 Å². The first-order valence-corrected chi connectivity index (χ1v) is 5.29. The smallest absolute Gasteiger partial charge is 0.407 e. The maximum Gasteiger partial charge on any atom is 0.407 e. The maximum atomic E-state index is 11.4. The minimum atomic E-state index is -0.390. The number of nitrogens with two attached hydrogens (primary N) is 1. The molecule has 0 saturated heterocycles. The molecule has 0 rings (SSSR count). The summed E-state index contributed by atoms with van der Waals surface area (Å²) in [6, 6.07) is 0. The summed E-state index contributed by atoms with van der Waals surface area (Å²) in [7, 11) is 0. The average Bonchev–Trinajstić information content (AvgIpc) is 1.73. The lowest BCUT2D eigenvalue weighted by atomic mass is 9.88. The molecular weight excluding hydrogens is 192 g/mol. The van der Waals surface area contributed by atoms with E-state index in [1.807, 2.05) is 41.5 Å². The molecule has 4 nitrogen and oxygen atoms in total. The molecular formula is C11H24N2O2. The van der Waals surface area contributed by atoms with Crippen LogP contribution in [0.1, 0.15) is 48.0 Å². The van der Waals surface area contributed by atoms with E-state index in [1.165, 1.54) is 0 Å². The van der Waals surface area contributed by atoms with Crippen LogP contribution in [0.25, 0.3) is 0 Å². The summed E-state index contributed by atoms with van der Waals surface area (Å²) in [6.45, 7) is 11.4. The Morgan fingerprint density at radius 3 is 2.13 bits per heavy atom. The Morgan fingerprint density at radius 1 is 1.33 bits per heavy atom. The number of alkyl carbamates (subject to hydrolysis) is 1. The van der Waals surface area contributed by atoms with Crippen molar-refractivity contribution in [3.8, 4) is 0 Å². The lowest BCUT2D eigenvalue weighted by Gasteiger charge is -2.32. The van der Waals surface area contributed by atoms with Gasteiger partial charge in [0, 0.05) is 11.1 Å². The third kappa shape index (κ3) is 8.24. The van der Waals surface area contributed by atoms with Gasteiger partial charge in [-0.25, -0.2) is 4.79 Å². The fourth-order valence-electron chi connectivity index (χ4n) is 1.70. The third-order valence-corrected chi connectivity index (χ3v) is 1.68. The van der Waals surface area contributed by atoms with Gasteiger partial charge < -0.3 is 15.8 Å². The second-order valence-electron chi connectivity index (χ2n) is 5.63. The highest BCUT2D eigenvalue weighted by molar-refractivity contribution is 5.68. The number of rotatable bonds is 4. The van der Waals surface area contributed by atoms with Gasteiger partial charge in [-0.2, -0.15) is 0 Å². The zero-order chi connectivity index (χ0) is 12.3. The summed E-state index contributed by atoms with van der Waals surface area (Å²) in [4.78, 5) is 11.4. The van der Waals surface area contributed by atoms with Gasteiger partial charge in [-0.1, -0.05) is 0 Å². The summed E-state index contributed by atoms with van der Waals surface area (Å²) in [5, 5.41) is 2.80. The van der Waals surface area contributed by atoms with Crippen LogP contribution >= 0.6 is 0 Å². The van der Waals surface area contributed by atoms with Crippen LogP contribution in [-0.2, 0) is 4.74 Å². The summed E-state index contributed by atoms with van der Waals surface area (Å²) in [5.41, 5.74) is 5.24. The van der Waals surface area contributed by atoms with Crippen molar-refractivity contribution in [1.82, 2.24) is 5.32 Å². The minimum absolute atomic E-state index is 0.105. The van der Waals surface area contributed by atoms with Crippen LogP contribution in [0.2, 0.25) is 0 Å². The van der Waals surface area contributed by atoms with Crippen LogP contribution in [0.4, 0.5) is 4.79 Å². The Balaban J connectivity index is 4.19. The summed E-state index contributed by atoms with van der Waals surface area (Å²) in [6.07, 6.45) is 0.193. The molecule has 15 heavy (non-hydrogen) atoms. The van der Waals surface area contributed by atoms with Gasteiger partial charge in [0.25, 0.3) is 0 Å². The van der Waals surface area contributed by atoms with Crippen molar-refractivity contribution in [2.45, 2.75) is 65.1 Å². The van der Waals surface area contributed by atoms with E-state index in [0.717, 1.165) is 0 Å². The van der Waals surface area contributed by atoms with E-state index in [2.05, 4.69) is 5.32 Å². The Kier molecular flexibility index (Phi) is 4.59. The molecule has 0 aliphatic carbocycles. The predicted molar refractivity (Wildman–Crippen MR) is 61.7 cm³/mol.